The molecular formula is C14H15ClN4OS. The summed E-state index contributed by atoms with van der Waals surface area (Å²) < 4.78 is 0. The third-order valence-corrected chi connectivity index (χ3v) is 4.57. The molecule has 1 amide bonds. The maximum absolute atomic E-state index is 12.3. The Morgan fingerprint density at radius 3 is 2.76 bits per heavy atom. The third kappa shape index (κ3) is 3.01. The Hall–Kier alpha value is -1.66. The van der Waals surface area contributed by atoms with E-state index in [1.54, 1.807) is 6.20 Å². The molecule has 0 aromatic carbocycles. The fourth-order valence-corrected chi connectivity index (χ4v) is 3.24. The van der Waals surface area contributed by atoms with Gasteiger partial charge in [0.25, 0.3) is 5.91 Å². The Balaban J connectivity index is 1.68. The Morgan fingerprint density at radius 1 is 1.33 bits per heavy atom. The zero-order valence-corrected chi connectivity index (χ0v) is 13.2. The van der Waals surface area contributed by atoms with Crippen LogP contribution in [0.2, 0.25) is 5.02 Å². The Labute approximate surface area is 132 Å². The van der Waals surface area contributed by atoms with Crippen LogP contribution in [0.25, 0.3) is 0 Å². The summed E-state index contributed by atoms with van der Waals surface area (Å²) in [5.74, 6) is 1.56. The molecule has 2 aromatic rings. The van der Waals surface area contributed by atoms with Crippen LogP contribution in [0.5, 0.6) is 0 Å². The van der Waals surface area contributed by atoms with Gasteiger partial charge in [-0.1, -0.05) is 17.7 Å². The summed E-state index contributed by atoms with van der Waals surface area (Å²) >= 11 is 7.64. The predicted molar refractivity (Wildman–Crippen MR) is 84.2 cm³/mol. The van der Waals surface area contributed by atoms with Gasteiger partial charge in [0, 0.05) is 26.2 Å². The van der Waals surface area contributed by atoms with Crippen molar-refractivity contribution in [3.05, 3.63) is 39.4 Å². The van der Waals surface area contributed by atoms with Gasteiger partial charge in [0.2, 0.25) is 0 Å². The highest BCUT2D eigenvalue weighted by Crippen LogP contribution is 2.24. The molecule has 0 radical (unpaired) electrons. The highest BCUT2D eigenvalue weighted by molar-refractivity contribution is 7.12. The van der Waals surface area contributed by atoms with E-state index in [0.717, 1.165) is 23.8 Å². The first-order valence-electron chi connectivity index (χ1n) is 6.72. The average Bonchev–Trinajstić information content (AvgIpc) is 3.03. The summed E-state index contributed by atoms with van der Waals surface area (Å²) in [5.41, 5.74) is 0. The third-order valence-electron chi connectivity index (χ3n) is 3.44. The molecule has 1 fully saturated rings. The number of halogens is 1. The van der Waals surface area contributed by atoms with Gasteiger partial charge in [-0.15, -0.1) is 11.3 Å². The Bertz CT molecular complexity index is 638. The van der Waals surface area contributed by atoms with E-state index in [0.29, 0.717) is 23.9 Å². The Morgan fingerprint density at radius 2 is 2.10 bits per heavy atom. The van der Waals surface area contributed by atoms with Gasteiger partial charge in [-0.2, -0.15) is 0 Å². The fraction of sp³-hybridized carbons (Fsp3) is 0.357. The first-order chi connectivity index (χ1) is 10.1. The van der Waals surface area contributed by atoms with Gasteiger partial charge in [0.15, 0.2) is 5.82 Å². The van der Waals surface area contributed by atoms with E-state index < -0.39 is 0 Å². The zero-order chi connectivity index (χ0) is 14.8. The lowest BCUT2D eigenvalue weighted by molar-refractivity contribution is 0.0751. The summed E-state index contributed by atoms with van der Waals surface area (Å²) in [6, 6.07) is 3.77. The van der Waals surface area contributed by atoms with Crippen molar-refractivity contribution >= 4 is 34.7 Å². The van der Waals surface area contributed by atoms with Gasteiger partial charge in [-0.3, -0.25) is 4.79 Å². The molecular weight excluding hydrogens is 308 g/mol. The van der Waals surface area contributed by atoms with Crippen molar-refractivity contribution in [2.45, 2.75) is 6.92 Å². The van der Waals surface area contributed by atoms with Crippen LogP contribution >= 0.6 is 22.9 Å². The van der Waals surface area contributed by atoms with Crippen molar-refractivity contribution < 1.29 is 4.79 Å². The molecule has 0 bridgehead atoms. The number of carbonyl (C=O) groups excluding carboxylic acids is 1. The van der Waals surface area contributed by atoms with Crippen molar-refractivity contribution in [1.29, 1.82) is 0 Å². The molecule has 3 rings (SSSR count). The number of carbonyl (C=O) groups is 1. The summed E-state index contributed by atoms with van der Waals surface area (Å²) in [7, 11) is 0. The quantitative estimate of drug-likeness (QED) is 0.852. The number of anilines is 1. The number of aromatic nitrogens is 2. The topological polar surface area (TPSA) is 49.3 Å². The van der Waals surface area contributed by atoms with Crippen LogP contribution in [0.4, 0.5) is 5.82 Å². The molecule has 1 aliphatic heterocycles. The summed E-state index contributed by atoms with van der Waals surface area (Å²) in [5, 5.41) is 2.48. The van der Waals surface area contributed by atoms with E-state index in [1.165, 1.54) is 11.3 Å². The van der Waals surface area contributed by atoms with Gasteiger partial charge in [0.1, 0.15) is 10.8 Å². The number of amides is 1. The highest BCUT2D eigenvalue weighted by Gasteiger charge is 2.24. The SMILES string of the molecule is Cc1ncc(Cl)c(N2CCN(C(=O)c3cccs3)CC2)n1. The first-order valence-corrected chi connectivity index (χ1v) is 7.98. The molecule has 110 valence electrons. The summed E-state index contributed by atoms with van der Waals surface area (Å²) in [6.45, 7) is 4.66. The van der Waals surface area contributed by atoms with Crippen LogP contribution in [-0.4, -0.2) is 47.0 Å². The normalized spacial score (nSPS) is 15.3. The highest BCUT2D eigenvalue weighted by atomic mass is 35.5. The smallest absolute Gasteiger partial charge is 0.264 e. The molecule has 0 unspecified atom stereocenters. The minimum absolute atomic E-state index is 0.106. The van der Waals surface area contributed by atoms with E-state index in [2.05, 4.69) is 14.9 Å². The van der Waals surface area contributed by atoms with Crippen LogP contribution in [-0.2, 0) is 0 Å². The monoisotopic (exact) mass is 322 g/mol. The molecule has 2 aromatic heterocycles. The standard InChI is InChI=1S/C14H15ClN4OS/c1-10-16-9-11(15)13(17-10)18-4-6-19(7-5-18)14(20)12-3-2-8-21-12/h2-3,8-9H,4-7H2,1H3. The van der Waals surface area contributed by atoms with Gasteiger partial charge >= 0.3 is 0 Å². The molecule has 0 atom stereocenters. The van der Waals surface area contributed by atoms with Gasteiger partial charge in [-0.05, 0) is 18.4 Å². The average molecular weight is 323 g/mol. The van der Waals surface area contributed by atoms with Crippen molar-refractivity contribution in [1.82, 2.24) is 14.9 Å². The van der Waals surface area contributed by atoms with Crippen LogP contribution in [0.1, 0.15) is 15.5 Å². The number of hydrogen-bond donors (Lipinski definition) is 0. The van der Waals surface area contributed by atoms with E-state index in [-0.39, 0.29) is 5.91 Å². The number of rotatable bonds is 2. The number of aryl methyl sites for hydroxylation is 1. The minimum Gasteiger partial charge on any atom is -0.352 e. The molecule has 7 heteroatoms. The second kappa shape index (κ2) is 5.99. The van der Waals surface area contributed by atoms with E-state index in [1.807, 2.05) is 29.3 Å². The van der Waals surface area contributed by atoms with Gasteiger partial charge in [0.05, 0.1) is 11.1 Å². The lowest BCUT2D eigenvalue weighted by Gasteiger charge is -2.35. The van der Waals surface area contributed by atoms with Gasteiger partial charge in [-0.25, -0.2) is 9.97 Å². The van der Waals surface area contributed by atoms with E-state index in [4.69, 9.17) is 11.6 Å². The summed E-state index contributed by atoms with van der Waals surface area (Å²) in [4.78, 5) is 25.5. The molecule has 0 N–H and O–H groups in total. The molecule has 21 heavy (non-hydrogen) atoms. The predicted octanol–water partition coefficient (Wildman–Crippen LogP) is 2.46. The number of hydrogen-bond acceptors (Lipinski definition) is 5. The number of piperazine rings is 1. The van der Waals surface area contributed by atoms with Gasteiger partial charge < -0.3 is 9.80 Å². The zero-order valence-electron chi connectivity index (χ0n) is 11.6. The molecule has 5 nitrogen and oxygen atoms in total. The number of nitrogens with zero attached hydrogens (tertiary/aromatic N) is 4. The van der Waals surface area contributed by atoms with Crippen molar-refractivity contribution in [3.8, 4) is 0 Å². The maximum atomic E-state index is 12.3. The second-order valence-corrected chi connectivity index (χ2v) is 6.20. The molecule has 0 aliphatic carbocycles. The van der Waals surface area contributed by atoms with Crippen LogP contribution < -0.4 is 4.90 Å². The van der Waals surface area contributed by atoms with Crippen LogP contribution in [0, 0.1) is 6.92 Å². The molecule has 1 saturated heterocycles. The lowest BCUT2D eigenvalue weighted by Crippen LogP contribution is -2.49. The van der Waals surface area contributed by atoms with Crippen molar-refractivity contribution in [2.24, 2.45) is 0 Å². The Kier molecular flexibility index (Phi) is 4.07. The second-order valence-electron chi connectivity index (χ2n) is 4.85. The molecule has 3 heterocycles. The molecule has 0 spiro atoms. The molecule has 1 aliphatic rings. The van der Waals surface area contributed by atoms with Crippen molar-refractivity contribution in [3.63, 3.8) is 0 Å². The number of thiophene rings is 1. The first kappa shape index (κ1) is 14.3. The largest absolute Gasteiger partial charge is 0.352 e. The van der Waals surface area contributed by atoms with Crippen LogP contribution in [0.15, 0.2) is 23.7 Å². The maximum Gasteiger partial charge on any atom is 0.264 e. The molecule has 0 saturated carbocycles. The minimum atomic E-state index is 0.106. The summed E-state index contributed by atoms with van der Waals surface area (Å²) in [6.07, 6.45) is 1.63. The van der Waals surface area contributed by atoms with Crippen LogP contribution in [0.3, 0.4) is 0 Å². The van der Waals surface area contributed by atoms with E-state index >= 15 is 0 Å². The van der Waals surface area contributed by atoms with E-state index in [9.17, 15) is 4.79 Å². The van der Waals surface area contributed by atoms with Crippen molar-refractivity contribution in [2.75, 3.05) is 31.1 Å². The lowest BCUT2D eigenvalue weighted by atomic mass is 10.3. The fourth-order valence-electron chi connectivity index (χ4n) is 2.34.